The molecule has 0 aliphatic carbocycles. The molecule has 0 spiro atoms. The molecule has 0 aliphatic heterocycles. The van der Waals surface area contributed by atoms with Crippen LogP contribution in [0.2, 0.25) is 0 Å². The van der Waals surface area contributed by atoms with E-state index >= 15 is 0 Å². The van der Waals surface area contributed by atoms with Crippen molar-refractivity contribution < 1.29 is 4.39 Å². The van der Waals surface area contributed by atoms with Crippen LogP contribution < -0.4 is 5.73 Å². The second-order valence-corrected chi connectivity index (χ2v) is 7.95. The van der Waals surface area contributed by atoms with E-state index in [2.05, 4.69) is 43.3 Å². The molecule has 2 N–H and O–H groups in total. The summed E-state index contributed by atoms with van der Waals surface area (Å²) in [5.41, 5.74) is 11.5. The summed E-state index contributed by atoms with van der Waals surface area (Å²) in [6, 6.07) is 26.3. The minimum absolute atomic E-state index is 0.209. The Labute approximate surface area is 178 Å². The second-order valence-electron chi connectivity index (χ2n) is 7.95. The maximum absolute atomic E-state index is 14.9. The van der Waals surface area contributed by atoms with Crippen molar-refractivity contribution in [2.75, 3.05) is 0 Å². The van der Waals surface area contributed by atoms with Gasteiger partial charge in [0.05, 0.1) is 0 Å². The highest BCUT2D eigenvalue weighted by Crippen LogP contribution is 2.30. The van der Waals surface area contributed by atoms with Crippen LogP contribution >= 0.6 is 0 Å². The SMILES string of the molecule is CCCCCc1ccc2cc(-c3ccc(-c4ccc(CN)cc4)c(F)c3)ccc2c1. The van der Waals surface area contributed by atoms with Crippen molar-refractivity contribution >= 4 is 10.8 Å². The van der Waals surface area contributed by atoms with E-state index in [1.165, 1.54) is 35.6 Å². The van der Waals surface area contributed by atoms with Gasteiger partial charge in [0.25, 0.3) is 0 Å². The molecule has 0 heterocycles. The van der Waals surface area contributed by atoms with E-state index in [1.807, 2.05) is 36.4 Å². The van der Waals surface area contributed by atoms with Gasteiger partial charge in [-0.2, -0.15) is 0 Å². The molecule has 0 amide bonds. The van der Waals surface area contributed by atoms with Crippen molar-refractivity contribution in [2.45, 2.75) is 39.2 Å². The fourth-order valence-electron chi connectivity index (χ4n) is 3.96. The van der Waals surface area contributed by atoms with Crippen LogP contribution in [0.3, 0.4) is 0 Å². The molecule has 0 unspecified atom stereocenters. The zero-order valence-electron chi connectivity index (χ0n) is 17.5. The van der Waals surface area contributed by atoms with E-state index in [4.69, 9.17) is 5.73 Å². The van der Waals surface area contributed by atoms with E-state index in [9.17, 15) is 4.39 Å². The van der Waals surface area contributed by atoms with E-state index in [0.717, 1.165) is 28.7 Å². The lowest BCUT2D eigenvalue weighted by Crippen LogP contribution is -1.95. The molecule has 4 aromatic carbocycles. The summed E-state index contributed by atoms with van der Waals surface area (Å²) in [4.78, 5) is 0. The first-order valence-corrected chi connectivity index (χ1v) is 10.8. The van der Waals surface area contributed by atoms with Crippen LogP contribution in [0.4, 0.5) is 4.39 Å². The van der Waals surface area contributed by atoms with Crippen molar-refractivity contribution in [2.24, 2.45) is 5.73 Å². The maximum atomic E-state index is 14.9. The summed E-state index contributed by atoms with van der Waals surface area (Å²) in [6.07, 6.45) is 4.88. The monoisotopic (exact) mass is 397 g/mol. The highest BCUT2D eigenvalue weighted by Gasteiger charge is 2.08. The Morgan fingerprint density at radius 3 is 2.03 bits per heavy atom. The van der Waals surface area contributed by atoms with Crippen molar-refractivity contribution in [1.82, 2.24) is 0 Å². The normalized spacial score (nSPS) is 11.2. The van der Waals surface area contributed by atoms with Gasteiger partial charge in [-0.3, -0.25) is 0 Å². The standard InChI is InChI=1S/C28H28FN/c1-2-3-4-5-20-6-11-24-17-25(13-12-23(24)16-20)26-14-15-27(28(29)18-26)22-9-7-21(19-30)8-10-22/h6-18H,2-5,19,30H2,1H3. The Balaban J connectivity index is 1.59. The molecular weight excluding hydrogens is 369 g/mol. The molecule has 30 heavy (non-hydrogen) atoms. The molecule has 0 radical (unpaired) electrons. The number of benzene rings is 4. The summed E-state index contributed by atoms with van der Waals surface area (Å²) in [5.74, 6) is -0.209. The lowest BCUT2D eigenvalue weighted by atomic mass is 9.96. The van der Waals surface area contributed by atoms with Gasteiger partial charge in [-0.25, -0.2) is 4.39 Å². The molecule has 4 rings (SSSR count). The molecule has 4 aromatic rings. The summed E-state index contributed by atoms with van der Waals surface area (Å²) in [7, 11) is 0. The van der Waals surface area contributed by atoms with Crippen LogP contribution in [0.1, 0.15) is 37.3 Å². The average Bonchev–Trinajstić information content (AvgIpc) is 2.79. The largest absolute Gasteiger partial charge is 0.326 e. The number of hydrogen-bond donors (Lipinski definition) is 1. The molecule has 1 nitrogen and oxygen atoms in total. The molecular formula is C28H28FN. The van der Waals surface area contributed by atoms with Crippen molar-refractivity contribution in [1.29, 1.82) is 0 Å². The molecule has 0 aliphatic rings. The number of aryl methyl sites for hydroxylation is 1. The molecule has 0 fully saturated rings. The third-order valence-corrected chi connectivity index (χ3v) is 5.78. The van der Waals surface area contributed by atoms with Gasteiger partial charge in [-0.15, -0.1) is 0 Å². The van der Waals surface area contributed by atoms with Crippen molar-refractivity contribution in [3.8, 4) is 22.3 Å². The Hall–Kier alpha value is -2.97. The van der Waals surface area contributed by atoms with E-state index in [-0.39, 0.29) is 5.82 Å². The molecule has 2 heteroatoms. The van der Waals surface area contributed by atoms with Gasteiger partial charge in [-0.1, -0.05) is 86.5 Å². The van der Waals surface area contributed by atoms with Crippen molar-refractivity contribution in [3.63, 3.8) is 0 Å². The quantitative estimate of drug-likeness (QED) is 0.321. The minimum atomic E-state index is -0.209. The zero-order chi connectivity index (χ0) is 20.9. The van der Waals surface area contributed by atoms with Crippen molar-refractivity contribution in [3.05, 3.63) is 95.8 Å². The third kappa shape index (κ3) is 4.44. The van der Waals surface area contributed by atoms with Crippen LogP contribution in [0.25, 0.3) is 33.0 Å². The smallest absolute Gasteiger partial charge is 0.131 e. The van der Waals surface area contributed by atoms with Gasteiger partial charge in [0.2, 0.25) is 0 Å². The highest BCUT2D eigenvalue weighted by molar-refractivity contribution is 5.88. The lowest BCUT2D eigenvalue weighted by molar-refractivity contribution is 0.632. The Bertz CT molecular complexity index is 1150. The van der Waals surface area contributed by atoms with Gasteiger partial charge in [0.1, 0.15) is 5.82 Å². The first-order valence-electron chi connectivity index (χ1n) is 10.8. The number of fused-ring (bicyclic) bond motifs is 1. The van der Waals surface area contributed by atoms with Crippen LogP contribution in [0, 0.1) is 5.82 Å². The second kappa shape index (κ2) is 9.23. The number of nitrogens with two attached hydrogens (primary N) is 1. The predicted octanol–water partition coefficient (Wildman–Crippen LogP) is 7.50. The lowest BCUT2D eigenvalue weighted by Gasteiger charge is -2.09. The first-order chi connectivity index (χ1) is 14.7. The minimum Gasteiger partial charge on any atom is -0.326 e. The topological polar surface area (TPSA) is 26.0 Å². The van der Waals surface area contributed by atoms with E-state index in [0.29, 0.717) is 12.1 Å². The molecule has 0 aromatic heterocycles. The van der Waals surface area contributed by atoms with Crippen LogP contribution in [0.15, 0.2) is 78.9 Å². The summed E-state index contributed by atoms with van der Waals surface area (Å²) in [5, 5.41) is 2.43. The number of hydrogen-bond acceptors (Lipinski definition) is 1. The summed E-state index contributed by atoms with van der Waals surface area (Å²) in [6.45, 7) is 2.72. The van der Waals surface area contributed by atoms with Gasteiger partial charge < -0.3 is 5.73 Å². The average molecular weight is 398 g/mol. The Morgan fingerprint density at radius 2 is 1.30 bits per heavy atom. The van der Waals surface area contributed by atoms with Gasteiger partial charge in [0, 0.05) is 12.1 Å². The fraction of sp³-hybridized carbons (Fsp3) is 0.214. The molecule has 0 bridgehead atoms. The zero-order valence-corrected chi connectivity index (χ0v) is 17.5. The first kappa shape index (κ1) is 20.3. The summed E-state index contributed by atoms with van der Waals surface area (Å²) < 4.78 is 14.9. The highest BCUT2D eigenvalue weighted by atomic mass is 19.1. The van der Waals surface area contributed by atoms with E-state index < -0.39 is 0 Å². The fourth-order valence-corrected chi connectivity index (χ4v) is 3.96. The molecule has 0 saturated carbocycles. The Kier molecular flexibility index (Phi) is 6.25. The number of rotatable bonds is 7. The van der Waals surface area contributed by atoms with Gasteiger partial charge in [-0.05, 0) is 63.6 Å². The molecule has 0 saturated heterocycles. The van der Waals surface area contributed by atoms with Crippen LogP contribution in [-0.2, 0) is 13.0 Å². The molecule has 0 atom stereocenters. The number of unbranched alkanes of at least 4 members (excludes halogenated alkanes) is 2. The number of halogens is 1. The maximum Gasteiger partial charge on any atom is 0.131 e. The van der Waals surface area contributed by atoms with Gasteiger partial charge >= 0.3 is 0 Å². The molecule has 152 valence electrons. The Morgan fingerprint density at radius 1 is 0.667 bits per heavy atom. The summed E-state index contributed by atoms with van der Waals surface area (Å²) >= 11 is 0. The third-order valence-electron chi connectivity index (χ3n) is 5.78. The van der Waals surface area contributed by atoms with Crippen LogP contribution in [-0.4, -0.2) is 0 Å². The van der Waals surface area contributed by atoms with Gasteiger partial charge in [0.15, 0.2) is 0 Å². The van der Waals surface area contributed by atoms with Crippen LogP contribution in [0.5, 0.6) is 0 Å². The van der Waals surface area contributed by atoms with E-state index in [1.54, 1.807) is 6.07 Å². The predicted molar refractivity (Wildman–Crippen MR) is 126 cm³/mol.